The van der Waals surface area contributed by atoms with E-state index >= 15 is 0 Å². The van der Waals surface area contributed by atoms with E-state index in [4.69, 9.17) is 4.74 Å². The number of rotatable bonds is 7. The zero-order chi connectivity index (χ0) is 23.2. The van der Waals surface area contributed by atoms with E-state index in [1.54, 1.807) is 16.9 Å². The molecular formula is C24H29FN6O2. The normalized spacial score (nSPS) is 14.8. The highest BCUT2D eigenvalue weighted by Gasteiger charge is 2.16. The summed E-state index contributed by atoms with van der Waals surface area (Å²) < 4.78 is 21.0. The Labute approximate surface area is 192 Å². The molecule has 0 atom stereocenters. The number of ether oxygens (including phenoxy) is 1. The minimum atomic E-state index is -0.415. The van der Waals surface area contributed by atoms with E-state index in [1.165, 1.54) is 24.3 Å². The maximum absolute atomic E-state index is 13.1. The maximum atomic E-state index is 13.1. The Morgan fingerprint density at radius 2 is 1.70 bits per heavy atom. The molecule has 9 heteroatoms. The van der Waals surface area contributed by atoms with E-state index in [9.17, 15) is 9.18 Å². The second-order valence-electron chi connectivity index (χ2n) is 8.13. The minimum Gasteiger partial charge on any atom is -0.492 e. The molecular weight excluding hydrogens is 423 g/mol. The smallest absolute Gasteiger partial charge is 0.323 e. The van der Waals surface area contributed by atoms with Crippen LogP contribution in [0, 0.1) is 5.82 Å². The van der Waals surface area contributed by atoms with Crippen LogP contribution in [0.3, 0.4) is 0 Å². The van der Waals surface area contributed by atoms with Crippen LogP contribution < -0.4 is 15.4 Å². The summed E-state index contributed by atoms with van der Waals surface area (Å²) in [7, 11) is 4.01. The van der Waals surface area contributed by atoms with Crippen molar-refractivity contribution in [2.45, 2.75) is 0 Å². The third-order valence-electron chi connectivity index (χ3n) is 5.70. The molecule has 33 heavy (non-hydrogen) atoms. The quantitative estimate of drug-likeness (QED) is 0.574. The number of piperazine rings is 1. The Balaban J connectivity index is 1.44. The van der Waals surface area contributed by atoms with E-state index in [1.807, 2.05) is 25.2 Å². The lowest BCUT2D eigenvalue weighted by Gasteiger charge is -2.32. The fourth-order valence-electron chi connectivity index (χ4n) is 3.75. The number of hydrogen-bond donors (Lipinski definition) is 2. The summed E-state index contributed by atoms with van der Waals surface area (Å²) in [6.07, 6.45) is 1.73. The largest absolute Gasteiger partial charge is 0.492 e. The number of nitrogens with zero attached hydrogens (tertiary/aromatic N) is 4. The van der Waals surface area contributed by atoms with Crippen molar-refractivity contribution in [2.75, 3.05) is 57.0 Å². The van der Waals surface area contributed by atoms with Gasteiger partial charge in [0.1, 0.15) is 18.2 Å². The molecule has 3 aromatic rings. The molecule has 8 nitrogen and oxygen atoms in total. The molecule has 2 N–H and O–H groups in total. The van der Waals surface area contributed by atoms with Gasteiger partial charge in [-0.3, -0.25) is 9.58 Å². The van der Waals surface area contributed by atoms with Gasteiger partial charge in [-0.05, 0) is 55.6 Å². The first-order valence-corrected chi connectivity index (χ1v) is 11.0. The second-order valence-corrected chi connectivity index (χ2v) is 8.13. The number of aromatic nitrogens is 2. The first-order valence-electron chi connectivity index (χ1n) is 11.0. The number of nitrogens with one attached hydrogen (secondary N) is 2. The molecule has 4 rings (SSSR count). The van der Waals surface area contributed by atoms with Crippen LogP contribution in [-0.2, 0) is 7.05 Å². The second kappa shape index (κ2) is 10.5. The van der Waals surface area contributed by atoms with Crippen LogP contribution in [-0.4, -0.2) is 72.0 Å². The van der Waals surface area contributed by atoms with E-state index < -0.39 is 6.03 Å². The van der Waals surface area contributed by atoms with Gasteiger partial charge in [-0.25, -0.2) is 9.18 Å². The zero-order valence-corrected chi connectivity index (χ0v) is 18.9. The number of urea groups is 1. The topological polar surface area (TPSA) is 74.7 Å². The van der Waals surface area contributed by atoms with Crippen molar-refractivity contribution in [1.29, 1.82) is 0 Å². The van der Waals surface area contributed by atoms with Gasteiger partial charge in [0.05, 0.1) is 5.69 Å². The number of halogens is 1. The number of amides is 2. The van der Waals surface area contributed by atoms with Crippen LogP contribution in [0.25, 0.3) is 11.3 Å². The number of carbonyl (C=O) groups excluding carboxylic acids is 1. The molecule has 0 bridgehead atoms. The first-order chi connectivity index (χ1) is 16.0. The van der Waals surface area contributed by atoms with Gasteiger partial charge in [-0.2, -0.15) is 5.10 Å². The minimum absolute atomic E-state index is 0.356. The summed E-state index contributed by atoms with van der Waals surface area (Å²) in [5.74, 6) is 0.377. The Morgan fingerprint density at radius 3 is 2.39 bits per heavy atom. The average Bonchev–Trinajstić information content (AvgIpc) is 3.23. The highest BCUT2D eigenvalue weighted by molar-refractivity contribution is 6.00. The lowest BCUT2D eigenvalue weighted by molar-refractivity contribution is 0.134. The molecule has 174 valence electrons. The standard InChI is InChI=1S/C24H29FN6O2/c1-29-11-13-31(14-12-29)15-16-33-23-8-7-20(17-21(23)22-9-10-26-30(22)2)28-24(32)27-19-5-3-18(25)4-6-19/h3-10,17H,11-16H2,1-2H3,(H2,27,28,32). The van der Waals surface area contributed by atoms with Gasteiger partial charge >= 0.3 is 6.03 Å². The number of anilines is 2. The number of likely N-dealkylation sites (N-methyl/N-ethyl adjacent to an activating group) is 1. The molecule has 2 aromatic carbocycles. The zero-order valence-electron chi connectivity index (χ0n) is 18.9. The van der Waals surface area contributed by atoms with Crippen LogP contribution >= 0.6 is 0 Å². The van der Waals surface area contributed by atoms with Crippen LogP contribution in [0.15, 0.2) is 54.7 Å². The predicted molar refractivity (Wildman–Crippen MR) is 127 cm³/mol. The Hall–Kier alpha value is -3.43. The summed E-state index contributed by atoms with van der Waals surface area (Å²) in [5, 5.41) is 9.79. The third kappa shape index (κ3) is 6.09. The highest BCUT2D eigenvalue weighted by atomic mass is 19.1. The van der Waals surface area contributed by atoms with Crippen molar-refractivity contribution >= 4 is 17.4 Å². The maximum Gasteiger partial charge on any atom is 0.323 e. The Bertz CT molecular complexity index is 1080. The van der Waals surface area contributed by atoms with E-state index in [2.05, 4.69) is 32.6 Å². The molecule has 2 amide bonds. The molecule has 1 fully saturated rings. The van der Waals surface area contributed by atoms with Gasteiger partial charge in [-0.15, -0.1) is 0 Å². The molecule has 0 aliphatic carbocycles. The van der Waals surface area contributed by atoms with Gasteiger partial charge in [0, 0.05) is 62.9 Å². The lowest BCUT2D eigenvalue weighted by Crippen LogP contribution is -2.45. The molecule has 1 saturated heterocycles. The average molecular weight is 453 g/mol. The van der Waals surface area contributed by atoms with Gasteiger partial charge < -0.3 is 20.3 Å². The van der Waals surface area contributed by atoms with Crippen molar-refractivity contribution in [1.82, 2.24) is 19.6 Å². The molecule has 2 heterocycles. The molecule has 1 aliphatic rings. The number of hydrogen-bond acceptors (Lipinski definition) is 5. The number of benzene rings is 2. The fourth-order valence-corrected chi connectivity index (χ4v) is 3.75. The predicted octanol–water partition coefficient (Wildman–Crippen LogP) is 3.50. The lowest BCUT2D eigenvalue weighted by atomic mass is 10.1. The summed E-state index contributed by atoms with van der Waals surface area (Å²) in [5.41, 5.74) is 2.84. The Morgan fingerprint density at radius 1 is 1.00 bits per heavy atom. The van der Waals surface area contributed by atoms with Crippen molar-refractivity contribution < 1.29 is 13.9 Å². The highest BCUT2D eigenvalue weighted by Crippen LogP contribution is 2.32. The summed E-state index contributed by atoms with van der Waals surface area (Å²) in [6, 6.07) is 12.6. The van der Waals surface area contributed by atoms with Crippen molar-refractivity contribution in [3.63, 3.8) is 0 Å². The van der Waals surface area contributed by atoms with Gasteiger partial charge in [0.25, 0.3) is 0 Å². The van der Waals surface area contributed by atoms with Crippen molar-refractivity contribution in [3.8, 4) is 17.0 Å². The first kappa shape index (κ1) is 22.8. The van der Waals surface area contributed by atoms with Crippen LogP contribution in [0.2, 0.25) is 0 Å². The third-order valence-corrected chi connectivity index (χ3v) is 5.70. The monoisotopic (exact) mass is 452 g/mol. The van der Waals surface area contributed by atoms with E-state index in [0.29, 0.717) is 18.0 Å². The number of carbonyl (C=O) groups is 1. The van der Waals surface area contributed by atoms with Crippen LogP contribution in [0.1, 0.15) is 0 Å². The van der Waals surface area contributed by atoms with Gasteiger partial charge in [0.15, 0.2) is 0 Å². The molecule has 0 saturated carbocycles. The SMILES string of the molecule is CN1CCN(CCOc2ccc(NC(=O)Nc3ccc(F)cc3)cc2-c2ccnn2C)CC1. The number of aryl methyl sites for hydroxylation is 1. The van der Waals surface area contributed by atoms with Gasteiger partial charge in [0.2, 0.25) is 0 Å². The van der Waals surface area contributed by atoms with E-state index in [0.717, 1.165) is 49.7 Å². The van der Waals surface area contributed by atoms with Crippen LogP contribution in [0.5, 0.6) is 5.75 Å². The molecule has 0 radical (unpaired) electrons. The van der Waals surface area contributed by atoms with Gasteiger partial charge in [-0.1, -0.05) is 0 Å². The summed E-state index contributed by atoms with van der Waals surface area (Å²) >= 11 is 0. The fraction of sp³-hybridized carbons (Fsp3) is 0.333. The van der Waals surface area contributed by atoms with E-state index in [-0.39, 0.29) is 5.82 Å². The summed E-state index contributed by atoms with van der Waals surface area (Å²) in [4.78, 5) is 17.1. The molecule has 0 unspecified atom stereocenters. The molecule has 1 aromatic heterocycles. The Kier molecular flexibility index (Phi) is 7.21. The van der Waals surface area contributed by atoms with Crippen LogP contribution in [0.4, 0.5) is 20.6 Å². The van der Waals surface area contributed by atoms with Crippen molar-refractivity contribution in [2.24, 2.45) is 7.05 Å². The van der Waals surface area contributed by atoms with Crippen molar-refractivity contribution in [3.05, 3.63) is 60.5 Å². The molecule has 0 spiro atoms. The summed E-state index contributed by atoms with van der Waals surface area (Å²) in [6.45, 7) is 5.66. The molecule has 1 aliphatic heterocycles.